The second-order valence-corrected chi connectivity index (χ2v) is 12.8. The van der Waals surface area contributed by atoms with Gasteiger partial charge in [-0.1, -0.05) is 37.1 Å². The highest BCUT2D eigenvalue weighted by atomic mass is 19.1. The largest absolute Gasteiger partial charge is 0.482 e. The standard InChI is InChI=1S/C36H42F2N4O6/c1-36(2,3)48-34(45)17-25-12-9-13-28(16-25)40-35(46)39-21-32(43)42(22-24-10-5-6-11-24)30-14-7-8-15-31(30)47-23-33(44)41(4)29-19-26(37)18-27(38)20-29/h7-9,12-16,18-20,24H,5-6,10-11,17,21-23H2,1-4H3,(H2,39,40,46). The average molecular weight is 665 g/mol. The number of ether oxygens (including phenoxy) is 2. The van der Waals surface area contributed by atoms with Gasteiger partial charge in [0.2, 0.25) is 5.91 Å². The van der Waals surface area contributed by atoms with Crippen molar-refractivity contribution in [3.05, 3.63) is 83.9 Å². The fourth-order valence-electron chi connectivity index (χ4n) is 5.43. The number of anilines is 3. The first kappa shape index (κ1) is 35.8. The summed E-state index contributed by atoms with van der Waals surface area (Å²) in [6.45, 7) is 4.98. The maximum atomic E-state index is 13.7. The van der Waals surface area contributed by atoms with Crippen molar-refractivity contribution < 1.29 is 37.4 Å². The number of carbonyl (C=O) groups excluding carboxylic acids is 4. The Morgan fingerprint density at radius 3 is 2.27 bits per heavy atom. The predicted molar refractivity (Wildman–Crippen MR) is 179 cm³/mol. The minimum Gasteiger partial charge on any atom is -0.482 e. The molecule has 1 aliphatic rings. The first-order valence-corrected chi connectivity index (χ1v) is 15.9. The highest BCUT2D eigenvalue weighted by molar-refractivity contribution is 6.00. The molecule has 1 saturated carbocycles. The van der Waals surface area contributed by atoms with Crippen LogP contribution in [-0.4, -0.2) is 56.2 Å². The Labute approximate surface area is 279 Å². The van der Waals surface area contributed by atoms with E-state index in [0.29, 0.717) is 23.5 Å². The van der Waals surface area contributed by atoms with E-state index in [0.717, 1.165) is 48.8 Å². The van der Waals surface area contributed by atoms with Gasteiger partial charge in [-0.25, -0.2) is 13.6 Å². The van der Waals surface area contributed by atoms with Crippen molar-refractivity contribution in [3.63, 3.8) is 0 Å². The number of nitrogens with one attached hydrogen (secondary N) is 2. The van der Waals surface area contributed by atoms with Crippen LogP contribution in [0.1, 0.15) is 52.0 Å². The van der Waals surface area contributed by atoms with Crippen LogP contribution in [0.25, 0.3) is 0 Å². The molecule has 4 rings (SSSR count). The third kappa shape index (κ3) is 10.8. The number of nitrogens with zero attached hydrogens (tertiary/aromatic N) is 2. The zero-order valence-corrected chi connectivity index (χ0v) is 27.7. The zero-order valence-electron chi connectivity index (χ0n) is 27.7. The number of esters is 1. The molecule has 0 aliphatic heterocycles. The third-order valence-electron chi connectivity index (χ3n) is 7.69. The summed E-state index contributed by atoms with van der Waals surface area (Å²) in [5.74, 6) is -2.44. The van der Waals surface area contributed by atoms with E-state index in [9.17, 15) is 28.0 Å². The normalized spacial score (nSPS) is 13.0. The molecule has 12 heteroatoms. The molecular weight excluding hydrogens is 622 g/mol. The number of benzene rings is 3. The van der Waals surface area contributed by atoms with Crippen LogP contribution in [0, 0.1) is 17.6 Å². The summed E-state index contributed by atoms with van der Waals surface area (Å²) in [6.07, 6.45) is 4.05. The molecule has 2 N–H and O–H groups in total. The Hall–Kier alpha value is -5.00. The van der Waals surface area contributed by atoms with Crippen molar-refractivity contribution in [2.75, 3.05) is 41.9 Å². The fraction of sp³-hybridized carbons (Fsp3) is 0.389. The Kier molecular flexibility index (Phi) is 12.1. The van der Waals surface area contributed by atoms with Crippen LogP contribution in [0.4, 0.5) is 30.6 Å². The number of hydrogen-bond acceptors (Lipinski definition) is 6. The Bertz CT molecular complexity index is 1600. The Morgan fingerprint density at radius 1 is 0.896 bits per heavy atom. The van der Waals surface area contributed by atoms with Crippen LogP contribution in [0.5, 0.6) is 5.75 Å². The number of likely N-dealkylation sites (N-methyl/N-ethyl adjacent to an activating group) is 1. The van der Waals surface area contributed by atoms with Gasteiger partial charge in [-0.15, -0.1) is 0 Å². The van der Waals surface area contributed by atoms with E-state index >= 15 is 0 Å². The van der Waals surface area contributed by atoms with E-state index in [1.54, 1.807) is 74.2 Å². The van der Waals surface area contributed by atoms with E-state index in [4.69, 9.17) is 9.47 Å². The Morgan fingerprint density at radius 2 is 1.58 bits per heavy atom. The summed E-state index contributed by atoms with van der Waals surface area (Å²) in [4.78, 5) is 54.2. The lowest BCUT2D eigenvalue weighted by atomic mass is 10.1. The molecule has 48 heavy (non-hydrogen) atoms. The molecule has 0 aromatic heterocycles. The number of rotatable bonds is 12. The highest BCUT2D eigenvalue weighted by Gasteiger charge is 2.26. The maximum absolute atomic E-state index is 13.7. The van der Waals surface area contributed by atoms with Crippen molar-refractivity contribution in [2.24, 2.45) is 5.92 Å². The first-order valence-electron chi connectivity index (χ1n) is 15.9. The number of hydrogen-bond donors (Lipinski definition) is 2. The Balaban J connectivity index is 1.41. The summed E-state index contributed by atoms with van der Waals surface area (Å²) < 4.78 is 38.7. The lowest BCUT2D eigenvalue weighted by Gasteiger charge is -2.28. The monoisotopic (exact) mass is 664 g/mol. The highest BCUT2D eigenvalue weighted by Crippen LogP contribution is 2.33. The van der Waals surface area contributed by atoms with Gasteiger partial charge in [-0.05, 0) is 81.5 Å². The molecule has 0 spiro atoms. The van der Waals surface area contributed by atoms with Crippen LogP contribution in [0.3, 0.4) is 0 Å². The molecule has 0 heterocycles. The molecule has 1 fully saturated rings. The zero-order chi connectivity index (χ0) is 34.8. The summed E-state index contributed by atoms with van der Waals surface area (Å²) in [5, 5.41) is 5.31. The van der Waals surface area contributed by atoms with Crippen molar-refractivity contribution in [1.82, 2.24) is 5.32 Å². The van der Waals surface area contributed by atoms with Gasteiger partial charge in [-0.2, -0.15) is 0 Å². The summed E-state index contributed by atoms with van der Waals surface area (Å²) in [5.41, 5.74) is 0.950. The van der Waals surface area contributed by atoms with Gasteiger partial charge in [0.25, 0.3) is 5.91 Å². The SMILES string of the molecule is CN(C(=O)COc1ccccc1N(CC1CCCC1)C(=O)CNC(=O)Nc1cccc(CC(=O)OC(C)(C)C)c1)c1cc(F)cc(F)c1. The van der Waals surface area contributed by atoms with E-state index in [1.165, 1.54) is 7.05 Å². The number of halogens is 2. The molecule has 0 saturated heterocycles. The number of para-hydroxylation sites is 2. The number of urea groups is 1. The van der Waals surface area contributed by atoms with E-state index in [-0.39, 0.29) is 42.2 Å². The molecule has 0 unspecified atom stereocenters. The maximum Gasteiger partial charge on any atom is 0.319 e. The van der Waals surface area contributed by atoms with Crippen LogP contribution in [0.15, 0.2) is 66.7 Å². The van der Waals surface area contributed by atoms with E-state index in [1.807, 2.05) is 0 Å². The molecule has 3 aromatic carbocycles. The molecule has 0 bridgehead atoms. The second-order valence-electron chi connectivity index (χ2n) is 12.8. The molecule has 0 radical (unpaired) electrons. The van der Waals surface area contributed by atoms with Gasteiger partial charge < -0.3 is 29.9 Å². The fourth-order valence-corrected chi connectivity index (χ4v) is 5.43. The lowest BCUT2D eigenvalue weighted by molar-refractivity contribution is -0.153. The van der Waals surface area contributed by atoms with Gasteiger partial charge in [0.15, 0.2) is 6.61 Å². The van der Waals surface area contributed by atoms with Gasteiger partial charge in [0.1, 0.15) is 23.0 Å². The molecule has 1 aliphatic carbocycles. The lowest BCUT2D eigenvalue weighted by Crippen LogP contribution is -2.43. The number of amides is 4. The minimum atomic E-state index is -0.814. The third-order valence-corrected chi connectivity index (χ3v) is 7.69. The second kappa shape index (κ2) is 16.2. The molecule has 4 amide bonds. The topological polar surface area (TPSA) is 117 Å². The molecular formula is C36H42F2N4O6. The van der Waals surface area contributed by atoms with Crippen LogP contribution < -0.4 is 25.2 Å². The minimum absolute atomic E-state index is 0.0338. The molecule has 0 atom stereocenters. The summed E-state index contributed by atoms with van der Waals surface area (Å²) in [7, 11) is 1.38. The van der Waals surface area contributed by atoms with Crippen molar-refractivity contribution in [2.45, 2.75) is 58.5 Å². The molecule has 3 aromatic rings. The average Bonchev–Trinajstić information content (AvgIpc) is 3.53. The van der Waals surface area contributed by atoms with Crippen LogP contribution in [-0.2, 0) is 25.5 Å². The quantitative estimate of drug-likeness (QED) is 0.222. The van der Waals surface area contributed by atoms with Crippen molar-refractivity contribution in [1.29, 1.82) is 0 Å². The van der Waals surface area contributed by atoms with Crippen molar-refractivity contribution >= 4 is 40.9 Å². The summed E-state index contributed by atoms with van der Waals surface area (Å²) >= 11 is 0. The van der Waals surface area contributed by atoms with E-state index < -0.39 is 35.8 Å². The van der Waals surface area contributed by atoms with Crippen molar-refractivity contribution in [3.8, 4) is 5.75 Å². The smallest absolute Gasteiger partial charge is 0.319 e. The predicted octanol–water partition coefficient (Wildman–Crippen LogP) is 6.24. The molecule has 10 nitrogen and oxygen atoms in total. The van der Waals surface area contributed by atoms with Gasteiger partial charge in [0, 0.05) is 31.0 Å². The number of carbonyl (C=O) groups is 4. The van der Waals surface area contributed by atoms with Crippen LogP contribution >= 0.6 is 0 Å². The summed E-state index contributed by atoms with van der Waals surface area (Å²) in [6, 6.07) is 15.8. The van der Waals surface area contributed by atoms with Gasteiger partial charge >= 0.3 is 12.0 Å². The van der Waals surface area contributed by atoms with E-state index in [2.05, 4.69) is 10.6 Å². The van der Waals surface area contributed by atoms with Gasteiger partial charge in [0.05, 0.1) is 18.7 Å². The molecule has 256 valence electrons. The van der Waals surface area contributed by atoms with Gasteiger partial charge in [-0.3, -0.25) is 14.4 Å². The van der Waals surface area contributed by atoms with Crippen LogP contribution in [0.2, 0.25) is 0 Å². The first-order chi connectivity index (χ1) is 22.8.